The lowest BCUT2D eigenvalue weighted by Crippen LogP contribution is -2.61. The van der Waals surface area contributed by atoms with Crippen molar-refractivity contribution >= 4 is 6.09 Å². The summed E-state index contributed by atoms with van der Waals surface area (Å²) < 4.78 is 5.29. The zero-order valence-electron chi connectivity index (χ0n) is 10.8. The van der Waals surface area contributed by atoms with Crippen molar-refractivity contribution in [2.24, 2.45) is 17.1 Å². The topological polar surface area (TPSA) is 72.6 Å². The minimum absolute atomic E-state index is 0.158. The number of amides is 1. The third-order valence-electron chi connectivity index (χ3n) is 3.81. The van der Waals surface area contributed by atoms with E-state index < -0.39 is 17.3 Å². The Bertz CT molecular complexity index is 280. The van der Waals surface area contributed by atoms with Crippen LogP contribution in [-0.2, 0) is 4.74 Å². The van der Waals surface area contributed by atoms with Crippen molar-refractivity contribution < 1.29 is 14.6 Å². The Labute approximate surface area is 97.2 Å². The molecular formula is C12H23NO3. The highest BCUT2D eigenvalue weighted by molar-refractivity contribution is 5.65. The van der Waals surface area contributed by atoms with Crippen LogP contribution in [0, 0.1) is 11.3 Å². The van der Waals surface area contributed by atoms with E-state index in [1.807, 2.05) is 20.8 Å². The van der Waals surface area contributed by atoms with Crippen molar-refractivity contribution in [1.29, 1.82) is 0 Å². The number of carbonyl (C=O) groups excluding carboxylic acids is 1. The van der Waals surface area contributed by atoms with Gasteiger partial charge in [-0.15, -0.1) is 0 Å². The van der Waals surface area contributed by atoms with Crippen LogP contribution in [0.25, 0.3) is 0 Å². The summed E-state index contributed by atoms with van der Waals surface area (Å²) in [4.78, 5) is 10.9. The minimum Gasteiger partial charge on any atom is -0.443 e. The van der Waals surface area contributed by atoms with E-state index in [1.54, 1.807) is 13.8 Å². The highest BCUT2D eigenvalue weighted by atomic mass is 16.6. The van der Waals surface area contributed by atoms with Crippen molar-refractivity contribution in [2.75, 3.05) is 0 Å². The Kier molecular flexibility index (Phi) is 3.01. The average molecular weight is 229 g/mol. The molecule has 1 amide bonds. The molecule has 3 N–H and O–H groups in total. The molecule has 0 bridgehead atoms. The first-order chi connectivity index (χ1) is 6.98. The van der Waals surface area contributed by atoms with E-state index in [0.29, 0.717) is 12.8 Å². The smallest absolute Gasteiger partial charge is 0.405 e. The Morgan fingerprint density at radius 1 is 1.31 bits per heavy atom. The fourth-order valence-electron chi connectivity index (χ4n) is 2.28. The molecule has 1 saturated carbocycles. The van der Waals surface area contributed by atoms with Crippen LogP contribution in [-0.4, -0.2) is 22.4 Å². The monoisotopic (exact) mass is 229 g/mol. The molecule has 16 heavy (non-hydrogen) atoms. The molecule has 1 fully saturated rings. The van der Waals surface area contributed by atoms with E-state index in [-0.39, 0.29) is 11.3 Å². The predicted molar refractivity (Wildman–Crippen MR) is 61.9 cm³/mol. The molecule has 1 aliphatic rings. The largest absolute Gasteiger partial charge is 0.443 e. The fourth-order valence-corrected chi connectivity index (χ4v) is 2.28. The highest BCUT2D eigenvalue weighted by Gasteiger charge is 2.58. The van der Waals surface area contributed by atoms with Crippen LogP contribution in [0.15, 0.2) is 0 Å². The van der Waals surface area contributed by atoms with Crippen LogP contribution in [0.3, 0.4) is 0 Å². The molecule has 1 aliphatic carbocycles. The van der Waals surface area contributed by atoms with Crippen LogP contribution in [0.5, 0.6) is 0 Å². The second-order valence-electron chi connectivity index (χ2n) is 6.42. The average Bonchev–Trinajstić information content (AvgIpc) is 1.89. The van der Waals surface area contributed by atoms with Gasteiger partial charge < -0.3 is 15.6 Å². The molecule has 4 heteroatoms. The van der Waals surface area contributed by atoms with Gasteiger partial charge in [-0.2, -0.15) is 0 Å². The molecule has 94 valence electrons. The van der Waals surface area contributed by atoms with Gasteiger partial charge in [-0.1, -0.05) is 20.8 Å². The minimum atomic E-state index is -0.732. The highest BCUT2D eigenvalue weighted by Crippen LogP contribution is 2.54. The molecular weight excluding hydrogens is 206 g/mol. The molecule has 0 aromatic carbocycles. The molecule has 4 nitrogen and oxygen atoms in total. The number of hydrogen-bond acceptors (Lipinski definition) is 3. The maximum absolute atomic E-state index is 10.9. The van der Waals surface area contributed by atoms with E-state index in [0.717, 1.165) is 0 Å². The number of aliphatic hydroxyl groups is 1. The number of primary amides is 1. The standard InChI is InChI=1S/C12H23NO3/c1-10(2,3)12(16-9(13)14)6-8(7-12)11(4,5)15/h8,15H,6-7H2,1-5H3,(H2,13,14). The lowest BCUT2D eigenvalue weighted by Gasteiger charge is -2.56. The van der Waals surface area contributed by atoms with Crippen molar-refractivity contribution in [3.8, 4) is 0 Å². The third-order valence-corrected chi connectivity index (χ3v) is 3.81. The normalized spacial score (nSPS) is 30.8. The predicted octanol–water partition coefficient (Wildman–Crippen LogP) is 2.05. The van der Waals surface area contributed by atoms with Gasteiger partial charge in [0, 0.05) is 5.41 Å². The Morgan fingerprint density at radius 2 is 1.75 bits per heavy atom. The Balaban J connectivity index is 2.78. The first-order valence-corrected chi connectivity index (χ1v) is 5.69. The summed E-state index contributed by atoms with van der Waals surface area (Å²) >= 11 is 0. The summed E-state index contributed by atoms with van der Waals surface area (Å²) in [7, 11) is 0. The van der Waals surface area contributed by atoms with Crippen LogP contribution in [0.1, 0.15) is 47.5 Å². The first kappa shape index (κ1) is 13.3. The molecule has 0 atom stereocenters. The van der Waals surface area contributed by atoms with Crippen molar-refractivity contribution in [3.63, 3.8) is 0 Å². The van der Waals surface area contributed by atoms with Gasteiger partial charge in [0.25, 0.3) is 0 Å². The molecule has 0 unspecified atom stereocenters. The summed E-state index contributed by atoms with van der Waals surface area (Å²) in [6, 6.07) is 0. The van der Waals surface area contributed by atoms with Crippen LogP contribution >= 0.6 is 0 Å². The van der Waals surface area contributed by atoms with E-state index in [4.69, 9.17) is 10.5 Å². The lowest BCUT2D eigenvalue weighted by atomic mass is 9.55. The summed E-state index contributed by atoms with van der Waals surface area (Å²) in [5.74, 6) is 0.158. The lowest BCUT2D eigenvalue weighted by molar-refractivity contribution is -0.187. The molecule has 0 heterocycles. The molecule has 0 radical (unpaired) electrons. The number of hydrogen-bond donors (Lipinski definition) is 2. The van der Waals surface area contributed by atoms with E-state index >= 15 is 0 Å². The van der Waals surface area contributed by atoms with E-state index in [9.17, 15) is 9.90 Å². The summed E-state index contributed by atoms with van der Waals surface area (Å²) in [6.07, 6.45) is 0.607. The molecule has 0 aromatic heterocycles. The van der Waals surface area contributed by atoms with Gasteiger partial charge in [0.2, 0.25) is 0 Å². The van der Waals surface area contributed by atoms with Crippen LogP contribution in [0.4, 0.5) is 4.79 Å². The molecule has 0 aliphatic heterocycles. The van der Waals surface area contributed by atoms with Gasteiger partial charge in [-0.05, 0) is 32.6 Å². The zero-order valence-corrected chi connectivity index (χ0v) is 10.8. The Morgan fingerprint density at radius 3 is 2.00 bits per heavy atom. The fraction of sp³-hybridized carbons (Fsp3) is 0.917. The van der Waals surface area contributed by atoms with E-state index in [1.165, 1.54) is 0 Å². The van der Waals surface area contributed by atoms with Crippen molar-refractivity contribution in [3.05, 3.63) is 0 Å². The van der Waals surface area contributed by atoms with Crippen LogP contribution in [0.2, 0.25) is 0 Å². The van der Waals surface area contributed by atoms with Gasteiger partial charge in [-0.3, -0.25) is 0 Å². The number of ether oxygens (including phenoxy) is 1. The molecule has 1 rings (SSSR count). The second kappa shape index (κ2) is 3.62. The van der Waals surface area contributed by atoms with E-state index in [2.05, 4.69) is 0 Å². The molecule has 0 saturated heterocycles. The summed E-state index contributed by atoms with van der Waals surface area (Å²) in [6.45, 7) is 9.65. The summed E-state index contributed by atoms with van der Waals surface area (Å²) in [5.41, 5.74) is 3.70. The summed E-state index contributed by atoms with van der Waals surface area (Å²) in [5, 5.41) is 9.90. The number of carbonyl (C=O) groups is 1. The number of nitrogens with two attached hydrogens (primary N) is 1. The SMILES string of the molecule is CC(C)(O)C1CC(OC(N)=O)(C(C)(C)C)C1. The maximum Gasteiger partial charge on any atom is 0.405 e. The van der Waals surface area contributed by atoms with Gasteiger partial charge in [0.15, 0.2) is 0 Å². The first-order valence-electron chi connectivity index (χ1n) is 5.69. The quantitative estimate of drug-likeness (QED) is 0.761. The van der Waals surface area contributed by atoms with Crippen molar-refractivity contribution in [1.82, 2.24) is 0 Å². The maximum atomic E-state index is 10.9. The van der Waals surface area contributed by atoms with Gasteiger partial charge in [0.1, 0.15) is 5.60 Å². The molecule has 0 aromatic rings. The third kappa shape index (κ3) is 2.32. The Hall–Kier alpha value is -0.770. The van der Waals surface area contributed by atoms with Crippen LogP contribution < -0.4 is 5.73 Å². The number of rotatable bonds is 2. The van der Waals surface area contributed by atoms with Gasteiger partial charge in [0.05, 0.1) is 5.60 Å². The van der Waals surface area contributed by atoms with Gasteiger partial charge in [-0.25, -0.2) is 4.79 Å². The second-order valence-corrected chi connectivity index (χ2v) is 6.42. The zero-order chi connectivity index (χ0) is 12.8. The molecule has 0 spiro atoms. The van der Waals surface area contributed by atoms with Crippen molar-refractivity contribution in [2.45, 2.75) is 58.7 Å². The van der Waals surface area contributed by atoms with Gasteiger partial charge >= 0.3 is 6.09 Å².